The topological polar surface area (TPSA) is 179 Å². The maximum atomic E-state index is 12.2. The van der Waals surface area contributed by atoms with Crippen LogP contribution in [0.4, 0.5) is 0 Å². The first kappa shape index (κ1) is 41.7. The maximum Gasteiger partial charge on any atom is 0.304 e. The van der Waals surface area contributed by atoms with Crippen molar-refractivity contribution in [1.29, 1.82) is 10.5 Å². The van der Waals surface area contributed by atoms with Gasteiger partial charge in [-0.05, 0) is 82.9 Å². The predicted octanol–water partition coefficient (Wildman–Crippen LogP) is 6.62. The largest absolute Gasteiger partial charge is 0.306 e. The van der Waals surface area contributed by atoms with E-state index in [9.17, 15) is 14.4 Å². The summed E-state index contributed by atoms with van der Waals surface area (Å²) in [6.45, 7) is 0. The number of aromatic nitrogens is 6. The van der Waals surface area contributed by atoms with Gasteiger partial charge in [0, 0.05) is 104 Å². The summed E-state index contributed by atoms with van der Waals surface area (Å²) < 4.78 is 0. The Morgan fingerprint density at radius 2 is 1.16 bits per heavy atom. The van der Waals surface area contributed by atoms with Crippen LogP contribution in [0.15, 0.2) is 115 Å². The van der Waals surface area contributed by atoms with Crippen molar-refractivity contribution in [2.45, 2.75) is 0 Å². The molecule has 0 saturated carbocycles. The number of carbonyl (C=O) groups excluding carboxylic acids is 2. The van der Waals surface area contributed by atoms with Crippen LogP contribution in [-0.4, -0.2) is 40.4 Å². The van der Waals surface area contributed by atoms with E-state index in [2.05, 4.69) is 65.2 Å². The Morgan fingerprint density at radius 3 is 1.62 bits per heavy atom. The van der Waals surface area contributed by atoms with E-state index >= 15 is 0 Å². The first-order valence-electron chi connectivity index (χ1n) is 13.5. The number of H-pyrrole nitrogens is 1. The van der Waals surface area contributed by atoms with Gasteiger partial charge in [-0.3, -0.25) is 24.4 Å². The monoisotopic (exact) mass is 981 g/mol. The fourth-order valence-electron chi connectivity index (χ4n) is 3.96. The molecule has 1 N–H and O–H groups in total. The Hall–Kier alpha value is -4.47. The zero-order valence-corrected chi connectivity index (χ0v) is 33.2. The first-order chi connectivity index (χ1) is 23.2. The van der Waals surface area contributed by atoms with Crippen LogP contribution in [0.1, 0.15) is 11.1 Å². The minimum atomic E-state index is -1.14. The third kappa shape index (κ3) is 11.8. The number of aromatic amines is 1. The van der Waals surface area contributed by atoms with Crippen molar-refractivity contribution in [2.24, 2.45) is 0 Å². The molecular weight excluding hydrogens is 964 g/mol. The molecule has 6 aromatic rings. The molecule has 0 fully saturated rings. The molecule has 4 aromatic heterocycles. The van der Waals surface area contributed by atoms with Crippen molar-refractivity contribution in [3.63, 3.8) is 0 Å². The summed E-state index contributed by atoms with van der Waals surface area (Å²) >= 11 is 15.2. The molecule has 0 bridgehead atoms. The normalized spacial score (nSPS) is 9.38. The van der Waals surface area contributed by atoms with Gasteiger partial charge in [-0.2, -0.15) is 10.5 Å². The molecule has 0 unspecified atom stereocenters. The fourth-order valence-corrected chi connectivity index (χ4v) is 4.20. The molecule has 0 spiro atoms. The van der Waals surface area contributed by atoms with Crippen molar-refractivity contribution in [1.82, 2.24) is 29.9 Å². The number of hydrogen-bond acceptors (Lipinski definition) is 10. The zero-order chi connectivity index (χ0) is 34.5. The van der Waals surface area contributed by atoms with Crippen molar-refractivity contribution in [3.05, 3.63) is 137 Å². The van der Waals surface area contributed by atoms with Gasteiger partial charge in [0.1, 0.15) is 11.0 Å². The number of nitrogens with zero attached hydrogens (tertiary/aromatic N) is 7. The van der Waals surface area contributed by atoms with E-state index in [-0.39, 0.29) is 55.2 Å². The van der Waals surface area contributed by atoms with Crippen molar-refractivity contribution >= 4 is 45.3 Å². The smallest absolute Gasteiger partial charge is 0.304 e. The van der Waals surface area contributed by atoms with Gasteiger partial charge < -0.3 is 4.98 Å². The van der Waals surface area contributed by atoms with Crippen molar-refractivity contribution in [2.75, 3.05) is 0 Å². The second-order valence-corrected chi connectivity index (χ2v) is 10.3. The van der Waals surface area contributed by atoms with Gasteiger partial charge >= 0.3 is 10.5 Å². The molecule has 0 aliphatic carbocycles. The molecular formula is C34H19Cl3N8O3UV. The number of pyridine rings is 2. The summed E-state index contributed by atoms with van der Waals surface area (Å²) in [4.78, 5) is 54.6. The summed E-state index contributed by atoms with van der Waals surface area (Å²) in [5.74, 6) is 1.03. The average Bonchev–Trinajstić information content (AvgIpc) is 3.12. The van der Waals surface area contributed by atoms with Gasteiger partial charge in [0.05, 0.1) is 28.8 Å². The van der Waals surface area contributed by atoms with Crippen LogP contribution in [0.3, 0.4) is 0 Å². The number of nitrogens with one attached hydrogen (secondary N) is 1. The summed E-state index contributed by atoms with van der Waals surface area (Å²) in [7, 11) is 0. The van der Waals surface area contributed by atoms with Gasteiger partial charge in [0.2, 0.25) is 0 Å². The maximum absolute atomic E-state index is 12.2. The third-order valence-electron chi connectivity index (χ3n) is 6.19. The average molecular weight is 983 g/mol. The molecule has 0 aliphatic rings. The summed E-state index contributed by atoms with van der Waals surface area (Å²) in [5, 5.41) is 15.9. The molecule has 16 heteroatoms. The Kier molecular flexibility index (Phi) is 17.4. The predicted molar refractivity (Wildman–Crippen MR) is 180 cm³/mol. The molecule has 0 aliphatic heterocycles. The second kappa shape index (κ2) is 20.9. The molecule has 2 aromatic carbocycles. The van der Waals surface area contributed by atoms with E-state index in [0.29, 0.717) is 44.6 Å². The van der Waals surface area contributed by atoms with Gasteiger partial charge in [0.15, 0.2) is 5.82 Å². The van der Waals surface area contributed by atoms with Crippen LogP contribution in [0.25, 0.3) is 45.0 Å². The Morgan fingerprint density at radius 1 is 0.680 bits per heavy atom. The van der Waals surface area contributed by atoms with Crippen LogP contribution in [0, 0.1) is 53.8 Å². The van der Waals surface area contributed by atoms with E-state index in [0.717, 1.165) is 16.7 Å². The molecule has 0 atom stereocenters. The van der Waals surface area contributed by atoms with Gasteiger partial charge in [0.25, 0.3) is 5.56 Å². The minimum Gasteiger partial charge on any atom is -0.306 e. The Labute approximate surface area is 336 Å². The number of benzene rings is 2. The van der Waals surface area contributed by atoms with E-state index in [1.54, 1.807) is 85.6 Å². The zero-order valence-electron chi connectivity index (χ0n) is 25.3. The second-order valence-electron chi connectivity index (χ2n) is 9.28. The number of hydrogen-bond donors (Lipinski definition) is 1. The van der Waals surface area contributed by atoms with E-state index in [4.69, 9.17) is 22.1 Å². The minimum absolute atomic E-state index is 0. The molecule has 0 saturated heterocycles. The fraction of sp³-hybridized carbons (Fsp3) is 0. The van der Waals surface area contributed by atoms with Gasteiger partial charge in [-0.15, -0.1) is 0 Å². The van der Waals surface area contributed by atoms with Crippen LogP contribution < -0.4 is 5.56 Å². The number of nitriles is 2. The molecule has 0 amide bonds. The third-order valence-corrected chi connectivity index (χ3v) is 6.92. The summed E-state index contributed by atoms with van der Waals surface area (Å²) in [5.41, 5.74) is 5.10. The first-order valence-corrected chi connectivity index (χ1v) is 14.7. The quantitative estimate of drug-likeness (QED) is 0.112. The van der Waals surface area contributed by atoms with Crippen LogP contribution in [-0.2, 0) is 28.1 Å². The van der Waals surface area contributed by atoms with Crippen LogP contribution in [0.2, 0.25) is 5.15 Å². The van der Waals surface area contributed by atoms with Crippen molar-refractivity contribution < 1.29 is 59.3 Å². The number of rotatable bonds is 5. The molecule has 1 radical (unpaired) electrons. The van der Waals surface area contributed by atoms with E-state index < -0.39 is 10.5 Å². The molecule has 50 heavy (non-hydrogen) atoms. The van der Waals surface area contributed by atoms with Gasteiger partial charge in [-0.25, -0.2) is 15.0 Å². The molecule has 4 heterocycles. The Balaban J connectivity index is 0.000000289. The van der Waals surface area contributed by atoms with Gasteiger partial charge in [-0.1, -0.05) is 35.9 Å². The number of halogens is 3. The molecule has 6 rings (SSSR count). The number of carbonyl (C=O) groups is 2. The van der Waals surface area contributed by atoms with Crippen LogP contribution in [0.5, 0.6) is 0 Å². The van der Waals surface area contributed by atoms with E-state index in [1.165, 1.54) is 6.20 Å². The molecule has 11 nitrogen and oxygen atoms in total. The summed E-state index contributed by atoms with van der Waals surface area (Å²) in [6.07, 6.45) is 9.82. The van der Waals surface area contributed by atoms with E-state index in [1.807, 2.05) is 18.2 Å². The molecule has 243 valence electrons. The SMILES string of the molecule is N#Cc1cccc(-c2cnc(-c3ccncc3)[nH]c2=O)c1.N#Cc1cccc(-c2cnc(-c3ccncc3)nc2Cl)c1.O=C(Cl)C(=O)Cl.[U].[V]. The van der Waals surface area contributed by atoms with Crippen LogP contribution >= 0.6 is 34.8 Å². The standard InChI is InChI=1S/C16H9ClN4.C16H10N4O.C2Cl2O2.U.V/c17-15-14(13-3-1-2-11(8-13)9-18)10-20-16(21-15)12-4-6-19-7-5-12;17-9-11-2-1-3-13(8-11)14-10-19-15(20-16(14)21)12-4-6-18-7-5-12;3-1(5)2(4)6;;/h1-8,10H;1-8,10H,(H,19,20,21);;;. The Bertz CT molecular complexity index is 2220. The van der Waals surface area contributed by atoms with Crippen molar-refractivity contribution in [3.8, 4) is 57.2 Å². The summed E-state index contributed by atoms with van der Waals surface area (Å²) in [6, 6.07) is 25.4.